The molecule has 1 heterocycles. The van der Waals surface area contributed by atoms with E-state index in [4.69, 9.17) is 4.74 Å². The van der Waals surface area contributed by atoms with Crippen LogP contribution >= 0.6 is 0 Å². The molecule has 1 aliphatic heterocycles. The molecule has 1 fully saturated rings. The van der Waals surface area contributed by atoms with Crippen molar-refractivity contribution in [3.63, 3.8) is 0 Å². The molecule has 27 heavy (non-hydrogen) atoms. The lowest BCUT2D eigenvalue weighted by atomic mass is 10.2. The van der Waals surface area contributed by atoms with E-state index >= 15 is 0 Å². The van der Waals surface area contributed by atoms with Crippen LogP contribution in [0.1, 0.15) is 23.7 Å². The van der Waals surface area contributed by atoms with E-state index in [1.165, 1.54) is 31.2 Å². The number of carbonyl (C=O) groups is 2. The van der Waals surface area contributed by atoms with Gasteiger partial charge in [-0.2, -0.15) is 4.72 Å². The Morgan fingerprint density at radius 2 is 1.74 bits per heavy atom. The molecule has 2 aromatic carbocycles. The first-order chi connectivity index (χ1) is 12.8. The number of sulfonamides is 1. The van der Waals surface area contributed by atoms with Crippen LogP contribution in [-0.4, -0.2) is 39.8 Å². The summed E-state index contributed by atoms with van der Waals surface area (Å²) in [4.78, 5) is 25.5. The van der Waals surface area contributed by atoms with Crippen molar-refractivity contribution in [2.24, 2.45) is 0 Å². The minimum atomic E-state index is -3.86. The van der Waals surface area contributed by atoms with Gasteiger partial charge in [0.2, 0.25) is 15.9 Å². The largest absolute Gasteiger partial charge is 0.497 e. The molecule has 1 aliphatic rings. The smallest absolute Gasteiger partial charge is 0.245 e. The number of hydrogen-bond acceptors (Lipinski definition) is 5. The summed E-state index contributed by atoms with van der Waals surface area (Å²) in [6.07, 6.45) is 0.371. The number of ketones is 1. The van der Waals surface area contributed by atoms with Gasteiger partial charge in [0.1, 0.15) is 11.8 Å². The Kier molecular flexibility index (Phi) is 5.29. The molecule has 3 rings (SSSR count). The fraction of sp³-hybridized carbons (Fsp3) is 0.263. The highest BCUT2D eigenvalue weighted by atomic mass is 32.2. The minimum Gasteiger partial charge on any atom is -0.497 e. The quantitative estimate of drug-likeness (QED) is 0.764. The number of Topliss-reactive ketones (excluding diaryl/α,β-unsaturated/α-hetero) is 1. The number of methoxy groups -OCH3 is 1. The predicted molar refractivity (Wildman–Crippen MR) is 101 cm³/mol. The van der Waals surface area contributed by atoms with Gasteiger partial charge in [0.05, 0.1) is 12.0 Å². The number of carbonyl (C=O) groups excluding carboxylic acids is 2. The molecule has 1 N–H and O–H groups in total. The Balaban J connectivity index is 1.73. The average molecular weight is 388 g/mol. The number of benzene rings is 2. The maximum atomic E-state index is 12.6. The van der Waals surface area contributed by atoms with Crippen LogP contribution in [0.2, 0.25) is 0 Å². The monoisotopic (exact) mass is 388 g/mol. The molecule has 8 heteroatoms. The molecule has 0 radical (unpaired) electrons. The van der Waals surface area contributed by atoms with Gasteiger partial charge in [-0.3, -0.25) is 9.59 Å². The van der Waals surface area contributed by atoms with Crippen molar-refractivity contribution in [3.8, 4) is 5.75 Å². The second kappa shape index (κ2) is 7.50. The minimum absolute atomic E-state index is 0.0168. The van der Waals surface area contributed by atoms with Gasteiger partial charge in [-0.05, 0) is 49.7 Å². The highest BCUT2D eigenvalue weighted by Gasteiger charge is 2.35. The number of amides is 1. The molecule has 0 aliphatic carbocycles. The number of rotatable bonds is 6. The van der Waals surface area contributed by atoms with Crippen molar-refractivity contribution in [3.05, 3.63) is 54.1 Å². The fourth-order valence-corrected chi connectivity index (χ4v) is 4.16. The Labute approximate surface area is 158 Å². The zero-order chi connectivity index (χ0) is 19.6. The van der Waals surface area contributed by atoms with Crippen molar-refractivity contribution in [1.82, 2.24) is 4.72 Å². The van der Waals surface area contributed by atoms with Gasteiger partial charge in [0.25, 0.3) is 0 Å². The first-order valence-corrected chi connectivity index (χ1v) is 9.89. The zero-order valence-corrected chi connectivity index (χ0v) is 15.8. The van der Waals surface area contributed by atoms with Crippen LogP contribution in [-0.2, 0) is 14.8 Å². The zero-order valence-electron chi connectivity index (χ0n) is 15.0. The molecule has 0 spiro atoms. The second-order valence-corrected chi connectivity index (χ2v) is 7.94. The fourth-order valence-electron chi connectivity index (χ4n) is 2.93. The summed E-state index contributed by atoms with van der Waals surface area (Å²) in [7, 11) is -2.30. The molecule has 2 aromatic rings. The van der Waals surface area contributed by atoms with Gasteiger partial charge in [-0.1, -0.05) is 12.1 Å². The molecular weight excluding hydrogens is 368 g/mol. The summed E-state index contributed by atoms with van der Waals surface area (Å²) in [6.45, 7) is 1.83. The average Bonchev–Trinajstić information content (AvgIpc) is 3.01. The van der Waals surface area contributed by atoms with Gasteiger partial charge < -0.3 is 9.64 Å². The number of ether oxygens (including phenoxy) is 1. The van der Waals surface area contributed by atoms with E-state index < -0.39 is 16.1 Å². The lowest BCUT2D eigenvalue weighted by molar-refractivity contribution is -0.118. The first kappa shape index (κ1) is 19.1. The molecule has 0 bridgehead atoms. The lowest BCUT2D eigenvalue weighted by Crippen LogP contribution is -2.41. The summed E-state index contributed by atoms with van der Waals surface area (Å²) in [5, 5.41) is 0. The molecule has 0 unspecified atom stereocenters. The molecule has 0 aromatic heterocycles. The van der Waals surface area contributed by atoms with Crippen molar-refractivity contribution in [2.45, 2.75) is 24.3 Å². The van der Waals surface area contributed by atoms with E-state index in [0.717, 1.165) is 0 Å². The topological polar surface area (TPSA) is 92.8 Å². The van der Waals surface area contributed by atoms with Crippen LogP contribution in [0.3, 0.4) is 0 Å². The van der Waals surface area contributed by atoms with Crippen molar-refractivity contribution >= 4 is 27.4 Å². The summed E-state index contributed by atoms with van der Waals surface area (Å²) in [6, 6.07) is 11.8. The number of hydrogen-bond donors (Lipinski definition) is 1. The van der Waals surface area contributed by atoms with Crippen LogP contribution in [0.15, 0.2) is 53.4 Å². The third kappa shape index (κ3) is 4.01. The predicted octanol–water partition coefficient (Wildman–Crippen LogP) is 1.98. The van der Waals surface area contributed by atoms with Gasteiger partial charge in [0, 0.05) is 17.8 Å². The summed E-state index contributed by atoms with van der Waals surface area (Å²) >= 11 is 0. The Hall–Kier alpha value is -2.71. The molecule has 0 saturated carbocycles. The molecule has 1 atom stereocenters. The first-order valence-electron chi connectivity index (χ1n) is 8.40. The van der Waals surface area contributed by atoms with E-state index in [1.54, 1.807) is 36.3 Å². The van der Waals surface area contributed by atoms with Crippen LogP contribution in [0.25, 0.3) is 0 Å². The Bertz CT molecular complexity index is 953. The Morgan fingerprint density at radius 1 is 1.11 bits per heavy atom. The Morgan fingerprint density at radius 3 is 2.30 bits per heavy atom. The summed E-state index contributed by atoms with van der Waals surface area (Å²) in [5.74, 6) is 0.230. The maximum Gasteiger partial charge on any atom is 0.245 e. The van der Waals surface area contributed by atoms with Gasteiger partial charge in [0.15, 0.2) is 5.78 Å². The van der Waals surface area contributed by atoms with E-state index in [0.29, 0.717) is 30.0 Å². The van der Waals surface area contributed by atoms with Crippen LogP contribution in [0.5, 0.6) is 5.75 Å². The third-order valence-corrected chi connectivity index (χ3v) is 5.95. The molecule has 142 valence electrons. The third-order valence-electron chi connectivity index (χ3n) is 4.46. The number of nitrogens with one attached hydrogen (secondary N) is 1. The van der Waals surface area contributed by atoms with Crippen LogP contribution in [0, 0.1) is 0 Å². The van der Waals surface area contributed by atoms with Gasteiger partial charge in [-0.25, -0.2) is 8.42 Å². The highest BCUT2D eigenvalue weighted by Crippen LogP contribution is 2.25. The maximum absolute atomic E-state index is 12.6. The highest BCUT2D eigenvalue weighted by molar-refractivity contribution is 7.89. The van der Waals surface area contributed by atoms with Crippen molar-refractivity contribution in [2.75, 3.05) is 18.6 Å². The number of nitrogens with zero attached hydrogens (tertiary/aromatic N) is 1. The second-order valence-electron chi connectivity index (χ2n) is 6.23. The van der Waals surface area contributed by atoms with Crippen LogP contribution < -0.4 is 14.4 Å². The van der Waals surface area contributed by atoms with Gasteiger partial charge in [-0.15, -0.1) is 0 Å². The molecule has 1 saturated heterocycles. The molecule has 1 amide bonds. The molecule has 7 nitrogen and oxygen atoms in total. The number of anilines is 1. The van der Waals surface area contributed by atoms with Crippen molar-refractivity contribution < 1.29 is 22.7 Å². The van der Waals surface area contributed by atoms with Gasteiger partial charge >= 0.3 is 0 Å². The lowest BCUT2D eigenvalue weighted by Gasteiger charge is -2.17. The van der Waals surface area contributed by atoms with E-state index in [9.17, 15) is 18.0 Å². The summed E-state index contributed by atoms with van der Waals surface area (Å²) < 4.78 is 32.7. The van der Waals surface area contributed by atoms with Crippen LogP contribution in [0.4, 0.5) is 5.69 Å². The van der Waals surface area contributed by atoms with E-state index in [1.807, 2.05) is 0 Å². The van der Waals surface area contributed by atoms with E-state index in [2.05, 4.69) is 4.72 Å². The summed E-state index contributed by atoms with van der Waals surface area (Å²) in [5.41, 5.74) is 1.12. The SMILES string of the molecule is COc1ccc(N2CC[C@@H](NS(=O)(=O)c3ccc(C(C)=O)cc3)C2=O)cc1. The van der Waals surface area contributed by atoms with E-state index in [-0.39, 0.29) is 16.6 Å². The van der Waals surface area contributed by atoms with Crippen molar-refractivity contribution in [1.29, 1.82) is 0 Å². The molecular formula is C19H20N2O5S. The normalized spacial score (nSPS) is 17.2. The standard InChI is InChI=1S/C19H20N2O5S/c1-13(22)14-3-9-17(10-4-14)27(24,25)20-18-11-12-21(19(18)23)15-5-7-16(26-2)8-6-15/h3-10,18,20H,11-12H2,1-2H3/t18-/m1/s1.